The lowest BCUT2D eigenvalue weighted by Crippen LogP contribution is -2.58. The van der Waals surface area contributed by atoms with Crippen molar-refractivity contribution in [3.8, 4) is 0 Å². The van der Waals surface area contributed by atoms with Gasteiger partial charge in [-0.05, 0) is 14.1 Å². The number of piperazine rings is 2. The zero-order valence-corrected chi connectivity index (χ0v) is 19.0. The minimum Gasteiger partial charge on any atom is -0.355 e. The summed E-state index contributed by atoms with van der Waals surface area (Å²) in [7, 11) is 7.95. The van der Waals surface area contributed by atoms with Crippen molar-refractivity contribution in [3.05, 3.63) is 12.4 Å². The summed E-state index contributed by atoms with van der Waals surface area (Å²) in [6.45, 7) is 5.75. The molecule has 0 bridgehead atoms. The molecular formula is C17H31IN8O. The Morgan fingerprint density at radius 1 is 1.26 bits per heavy atom. The molecule has 0 saturated carbocycles. The summed E-state index contributed by atoms with van der Waals surface area (Å²) >= 11 is 0. The molecule has 2 aliphatic heterocycles. The van der Waals surface area contributed by atoms with E-state index in [2.05, 4.69) is 39.3 Å². The van der Waals surface area contributed by atoms with Crippen LogP contribution >= 0.6 is 24.0 Å². The molecule has 1 aromatic heterocycles. The molecule has 3 rings (SSSR count). The number of aliphatic imine (C=N–C) groups is 1. The van der Waals surface area contributed by atoms with Gasteiger partial charge in [0.25, 0.3) is 0 Å². The molecule has 0 aliphatic carbocycles. The van der Waals surface area contributed by atoms with Gasteiger partial charge in [0, 0.05) is 65.6 Å². The zero-order valence-electron chi connectivity index (χ0n) is 16.6. The van der Waals surface area contributed by atoms with Crippen molar-refractivity contribution in [2.24, 2.45) is 12.0 Å². The molecule has 1 amide bonds. The van der Waals surface area contributed by atoms with E-state index in [1.165, 1.54) is 0 Å². The van der Waals surface area contributed by atoms with E-state index in [4.69, 9.17) is 0 Å². The molecular weight excluding hydrogens is 459 g/mol. The Hall–Kier alpha value is -1.40. The lowest BCUT2D eigenvalue weighted by atomic mass is 10.2. The normalized spacial score (nSPS) is 22.7. The number of guanidine groups is 1. The average molecular weight is 490 g/mol. The number of hydrogen-bond acceptors (Lipinski definition) is 5. The third-order valence-corrected chi connectivity index (χ3v) is 5.21. The fourth-order valence-electron chi connectivity index (χ4n) is 3.54. The van der Waals surface area contributed by atoms with Crippen molar-refractivity contribution < 1.29 is 4.79 Å². The van der Waals surface area contributed by atoms with Crippen LogP contribution in [-0.2, 0) is 11.8 Å². The van der Waals surface area contributed by atoms with E-state index < -0.39 is 0 Å². The zero-order chi connectivity index (χ0) is 18.7. The number of halogens is 1. The molecule has 0 spiro atoms. The van der Waals surface area contributed by atoms with Gasteiger partial charge in [0.15, 0.2) is 5.96 Å². The van der Waals surface area contributed by atoms with Crippen molar-refractivity contribution in [2.75, 3.05) is 71.9 Å². The SMILES string of the molecule is CN=C(NCC1CN(C)CCN1C)N1CCN(c2cnn(C)c2)C(=O)C1.I. The summed E-state index contributed by atoms with van der Waals surface area (Å²) < 4.78 is 1.72. The van der Waals surface area contributed by atoms with Crippen LogP contribution in [0.25, 0.3) is 0 Å². The van der Waals surface area contributed by atoms with Crippen LogP contribution in [0, 0.1) is 0 Å². The van der Waals surface area contributed by atoms with Gasteiger partial charge >= 0.3 is 0 Å². The minimum absolute atomic E-state index is 0. The Morgan fingerprint density at radius 2 is 2.04 bits per heavy atom. The van der Waals surface area contributed by atoms with Crippen LogP contribution in [0.1, 0.15) is 0 Å². The first-order valence-corrected chi connectivity index (χ1v) is 9.11. The van der Waals surface area contributed by atoms with Gasteiger partial charge < -0.3 is 20.0 Å². The van der Waals surface area contributed by atoms with Crippen molar-refractivity contribution in [3.63, 3.8) is 0 Å². The fourth-order valence-corrected chi connectivity index (χ4v) is 3.54. The Morgan fingerprint density at radius 3 is 2.67 bits per heavy atom. The molecule has 1 N–H and O–H groups in total. The van der Waals surface area contributed by atoms with Gasteiger partial charge in [-0.15, -0.1) is 24.0 Å². The molecule has 27 heavy (non-hydrogen) atoms. The lowest BCUT2D eigenvalue weighted by molar-refractivity contribution is -0.120. The number of rotatable bonds is 3. The van der Waals surface area contributed by atoms with Crippen molar-refractivity contribution in [1.29, 1.82) is 0 Å². The number of amides is 1. The third kappa shape index (κ3) is 5.32. The standard InChI is InChI=1S/C17H30N8O.HI/c1-18-17(19-9-14-11-21(2)5-6-22(14)3)24-7-8-25(16(26)13-24)15-10-20-23(4)12-15;/h10,12,14H,5-9,11,13H2,1-4H3,(H,18,19);1H. The predicted octanol–water partition coefficient (Wildman–Crippen LogP) is -0.492. The van der Waals surface area contributed by atoms with Crippen LogP contribution in [0.15, 0.2) is 17.4 Å². The topological polar surface area (TPSA) is 72.2 Å². The molecule has 1 aromatic rings. The van der Waals surface area contributed by atoms with Crippen molar-refractivity contribution in [1.82, 2.24) is 29.8 Å². The predicted molar refractivity (Wildman–Crippen MR) is 118 cm³/mol. The smallest absolute Gasteiger partial charge is 0.246 e. The first-order valence-electron chi connectivity index (χ1n) is 9.11. The van der Waals surface area contributed by atoms with Crippen molar-refractivity contribution >= 4 is 41.5 Å². The largest absolute Gasteiger partial charge is 0.355 e. The summed E-state index contributed by atoms with van der Waals surface area (Å²) in [5.74, 6) is 0.868. The second-order valence-electron chi connectivity index (χ2n) is 7.16. The number of anilines is 1. The maximum absolute atomic E-state index is 12.6. The van der Waals surface area contributed by atoms with E-state index >= 15 is 0 Å². The van der Waals surface area contributed by atoms with Crippen LogP contribution < -0.4 is 10.2 Å². The summed E-state index contributed by atoms with van der Waals surface area (Å²) in [6.07, 6.45) is 3.60. The maximum atomic E-state index is 12.6. The number of aromatic nitrogens is 2. The number of nitrogens with zero attached hydrogens (tertiary/aromatic N) is 7. The highest BCUT2D eigenvalue weighted by Crippen LogP contribution is 2.16. The Labute approximate surface area is 178 Å². The Bertz CT molecular complexity index is 663. The van der Waals surface area contributed by atoms with Crippen LogP contribution in [-0.4, -0.2) is 109 Å². The fraction of sp³-hybridized carbons (Fsp3) is 0.706. The second-order valence-corrected chi connectivity index (χ2v) is 7.16. The molecule has 1 unspecified atom stereocenters. The number of aryl methyl sites for hydroxylation is 1. The van der Waals surface area contributed by atoms with Gasteiger partial charge in [-0.2, -0.15) is 5.10 Å². The van der Waals surface area contributed by atoms with E-state index in [9.17, 15) is 4.79 Å². The van der Waals surface area contributed by atoms with E-state index in [-0.39, 0.29) is 29.9 Å². The van der Waals surface area contributed by atoms with E-state index in [1.54, 1.807) is 22.8 Å². The van der Waals surface area contributed by atoms with Gasteiger partial charge in [0.2, 0.25) is 5.91 Å². The van der Waals surface area contributed by atoms with Gasteiger partial charge in [-0.1, -0.05) is 0 Å². The Balaban J connectivity index is 0.00000261. The monoisotopic (exact) mass is 490 g/mol. The second kappa shape index (κ2) is 9.69. The highest BCUT2D eigenvalue weighted by atomic mass is 127. The lowest BCUT2D eigenvalue weighted by Gasteiger charge is -2.39. The van der Waals surface area contributed by atoms with Crippen LogP contribution in [0.3, 0.4) is 0 Å². The molecule has 0 radical (unpaired) electrons. The quantitative estimate of drug-likeness (QED) is 0.351. The summed E-state index contributed by atoms with van der Waals surface area (Å²) in [4.78, 5) is 25.5. The highest BCUT2D eigenvalue weighted by Gasteiger charge is 2.28. The van der Waals surface area contributed by atoms with Gasteiger partial charge in [-0.3, -0.25) is 19.4 Å². The van der Waals surface area contributed by atoms with Crippen LogP contribution in [0.2, 0.25) is 0 Å². The third-order valence-electron chi connectivity index (χ3n) is 5.21. The molecule has 9 nitrogen and oxygen atoms in total. The van der Waals surface area contributed by atoms with E-state index in [0.29, 0.717) is 19.1 Å². The summed E-state index contributed by atoms with van der Waals surface area (Å²) in [6, 6.07) is 0.442. The molecule has 0 aromatic carbocycles. The molecule has 152 valence electrons. The van der Waals surface area contributed by atoms with Gasteiger partial charge in [0.1, 0.15) is 6.54 Å². The van der Waals surface area contributed by atoms with Gasteiger partial charge in [0.05, 0.1) is 11.9 Å². The first-order chi connectivity index (χ1) is 12.5. The number of nitrogens with one attached hydrogen (secondary N) is 1. The number of carbonyl (C=O) groups is 1. The van der Waals surface area contributed by atoms with E-state index in [1.807, 2.05) is 18.1 Å². The number of carbonyl (C=O) groups excluding carboxylic acids is 1. The first kappa shape index (κ1) is 21.9. The number of hydrogen-bond donors (Lipinski definition) is 1. The van der Waals surface area contributed by atoms with Crippen LogP contribution in [0.5, 0.6) is 0 Å². The molecule has 2 saturated heterocycles. The van der Waals surface area contributed by atoms with E-state index in [0.717, 1.165) is 44.4 Å². The van der Waals surface area contributed by atoms with Gasteiger partial charge in [-0.25, -0.2) is 0 Å². The molecule has 1 atom stereocenters. The summed E-state index contributed by atoms with van der Waals surface area (Å²) in [5.41, 5.74) is 0.854. The average Bonchev–Trinajstić information content (AvgIpc) is 3.04. The minimum atomic E-state index is 0. The molecule has 3 heterocycles. The molecule has 2 aliphatic rings. The highest BCUT2D eigenvalue weighted by molar-refractivity contribution is 14.0. The Kier molecular flexibility index (Phi) is 7.86. The molecule has 10 heteroatoms. The number of likely N-dealkylation sites (N-methyl/N-ethyl adjacent to an activating group) is 2. The molecule has 2 fully saturated rings. The van der Waals surface area contributed by atoms with Crippen molar-refractivity contribution in [2.45, 2.75) is 6.04 Å². The summed E-state index contributed by atoms with van der Waals surface area (Å²) in [5, 5.41) is 7.61. The van der Waals surface area contributed by atoms with Crippen LogP contribution in [0.4, 0.5) is 5.69 Å². The maximum Gasteiger partial charge on any atom is 0.246 e.